The smallest absolute Gasteiger partial charge is 0.0481 e. The summed E-state index contributed by atoms with van der Waals surface area (Å²) < 4.78 is 0. The van der Waals surface area contributed by atoms with Gasteiger partial charge in [0.25, 0.3) is 0 Å². The Bertz CT molecular complexity index is 376. The summed E-state index contributed by atoms with van der Waals surface area (Å²) in [6.07, 6.45) is 5.83. The maximum Gasteiger partial charge on any atom is 0.0481 e. The van der Waals surface area contributed by atoms with Crippen molar-refractivity contribution < 1.29 is 0 Å². The van der Waals surface area contributed by atoms with Crippen molar-refractivity contribution >= 4 is 0 Å². The van der Waals surface area contributed by atoms with Crippen LogP contribution in [0.5, 0.6) is 0 Å². The first-order chi connectivity index (χ1) is 8.81. The van der Waals surface area contributed by atoms with Gasteiger partial charge in [-0.15, -0.1) is 0 Å². The minimum atomic E-state index is 0.294. The van der Waals surface area contributed by atoms with Crippen molar-refractivity contribution in [2.75, 3.05) is 33.2 Å². The third kappa shape index (κ3) is 2.06. The molecule has 0 saturated carbocycles. The molecule has 1 aromatic rings. The highest BCUT2D eigenvalue weighted by molar-refractivity contribution is 5.22. The van der Waals surface area contributed by atoms with E-state index >= 15 is 0 Å². The van der Waals surface area contributed by atoms with Crippen LogP contribution < -0.4 is 5.32 Å². The van der Waals surface area contributed by atoms with E-state index in [1.807, 2.05) is 12.3 Å². The molecule has 1 aromatic heterocycles. The molecule has 3 heteroatoms. The normalized spacial score (nSPS) is 30.7. The number of nitrogens with one attached hydrogen (secondary N) is 1. The molecule has 3 heterocycles. The summed E-state index contributed by atoms with van der Waals surface area (Å²) in [6, 6.07) is 6.39. The average Bonchev–Trinajstić information content (AvgIpc) is 2.91. The lowest BCUT2D eigenvalue weighted by Gasteiger charge is -2.41. The first-order valence-corrected chi connectivity index (χ1v) is 7.12. The van der Waals surface area contributed by atoms with Crippen LogP contribution in [-0.4, -0.2) is 43.1 Å². The minimum absolute atomic E-state index is 0.294. The predicted octanol–water partition coefficient (Wildman–Crippen LogP) is 1.65. The van der Waals surface area contributed by atoms with Crippen LogP contribution in [0.1, 0.15) is 25.0 Å². The molecule has 0 aromatic carbocycles. The molecule has 3 nitrogen and oxygen atoms in total. The molecule has 1 N–H and O–H groups in total. The molecular weight excluding hydrogens is 222 g/mol. The van der Waals surface area contributed by atoms with Crippen LogP contribution >= 0.6 is 0 Å². The highest BCUT2D eigenvalue weighted by Gasteiger charge is 2.44. The Balaban J connectivity index is 1.87. The van der Waals surface area contributed by atoms with Crippen molar-refractivity contribution in [3.05, 3.63) is 30.1 Å². The monoisotopic (exact) mass is 245 g/mol. The lowest BCUT2D eigenvalue weighted by molar-refractivity contribution is 0.151. The van der Waals surface area contributed by atoms with Gasteiger partial charge in [-0.1, -0.05) is 6.07 Å². The van der Waals surface area contributed by atoms with Gasteiger partial charge in [-0.05, 0) is 64.0 Å². The van der Waals surface area contributed by atoms with Crippen molar-refractivity contribution in [3.8, 4) is 0 Å². The maximum atomic E-state index is 4.67. The standard InChI is InChI=1S/C15H23N3/c1-18-10-5-13(6-11-18)15(7-9-16-12-15)14-4-2-3-8-17-14/h2-4,8,13,16H,5-7,9-12H2,1H3. The van der Waals surface area contributed by atoms with Crippen LogP contribution in [0.3, 0.4) is 0 Å². The van der Waals surface area contributed by atoms with Gasteiger partial charge in [-0.2, -0.15) is 0 Å². The third-order valence-electron chi connectivity index (χ3n) is 4.86. The van der Waals surface area contributed by atoms with Crippen molar-refractivity contribution in [3.63, 3.8) is 0 Å². The molecule has 0 aliphatic carbocycles. The van der Waals surface area contributed by atoms with Gasteiger partial charge in [0, 0.05) is 23.9 Å². The molecule has 2 fully saturated rings. The second-order valence-electron chi connectivity index (χ2n) is 5.88. The van der Waals surface area contributed by atoms with Gasteiger partial charge in [0.15, 0.2) is 0 Å². The lowest BCUT2D eigenvalue weighted by Crippen LogP contribution is -2.44. The van der Waals surface area contributed by atoms with Crippen molar-refractivity contribution in [2.24, 2.45) is 5.92 Å². The topological polar surface area (TPSA) is 28.2 Å². The number of rotatable bonds is 2. The van der Waals surface area contributed by atoms with Crippen LogP contribution in [0.25, 0.3) is 0 Å². The number of pyridine rings is 1. The fraction of sp³-hybridized carbons (Fsp3) is 0.667. The Hall–Kier alpha value is -0.930. The van der Waals surface area contributed by atoms with Crippen LogP contribution in [0, 0.1) is 5.92 Å². The van der Waals surface area contributed by atoms with E-state index < -0.39 is 0 Å². The van der Waals surface area contributed by atoms with Gasteiger partial charge in [0.2, 0.25) is 0 Å². The highest BCUT2D eigenvalue weighted by atomic mass is 15.1. The molecule has 0 radical (unpaired) electrons. The molecule has 18 heavy (non-hydrogen) atoms. The zero-order valence-electron chi connectivity index (χ0n) is 11.2. The number of nitrogens with zero attached hydrogens (tertiary/aromatic N) is 2. The minimum Gasteiger partial charge on any atom is -0.316 e. The predicted molar refractivity (Wildman–Crippen MR) is 73.6 cm³/mol. The van der Waals surface area contributed by atoms with Crippen LogP contribution in [0.15, 0.2) is 24.4 Å². The highest BCUT2D eigenvalue weighted by Crippen LogP contribution is 2.41. The summed E-state index contributed by atoms with van der Waals surface area (Å²) >= 11 is 0. The molecular formula is C15H23N3. The molecule has 0 spiro atoms. The number of aromatic nitrogens is 1. The molecule has 2 aliphatic rings. The largest absolute Gasteiger partial charge is 0.316 e. The summed E-state index contributed by atoms with van der Waals surface area (Å²) in [7, 11) is 2.23. The van der Waals surface area contributed by atoms with E-state index in [9.17, 15) is 0 Å². The summed E-state index contributed by atoms with van der Waals surface area (Å²) in [5.41, 5.74) is 1.60. The molecule has 2 aliphatic heterocycles. The van der Waals surface area contributed by atoms with Crippen LogP contribution in [-0.2, 0) is 5.41 Å². The fourth-order valence-corrected chi connectivity index (χ4v) is 3.71. The quantitative estimate of drug-likeness (QED) is 0.859. The Kier molecular flexibility index (Phi) is 3.35. The molecule has 1 atom stereocenters. The SMILES string of the molecule is CN1CCC(C2(c3ccccn3)CCNC2)CC1. The van der Waals surface area contributed by atoms with E-state index in [0.717, 1.165) is 19.0 Å². The van der Waals surface area contributed by atoms with E-state index in [1.165, 1.54) is 38.0 Å². The molecule has 98 valence electrons. The van der Waals surface area contributed by atoms with Gasteiger partial charge < -0.3 is 10.2 Å². The third-order valence-corrected chi connectivity index (χ3v) is 4.86. The molecule has 2 saturated heterocycles. The number of hydrogen-bond donors (Lipinski definition) is 1. The average molecular weight is 245 g/mol. The van der Waals surface area contributed by atoms with Crippen LogP contribution in [0.2, 0.25) is 0 Å². The van der Waals surface area contributed by atoms with Gasteiger partial charge in [0.05, 0.1) is 0 Å². The molecule has 3 rings (SSSR count). The van der Waals surface area contributed by atoms with Crippen molar-refractivity contribution in [1.82, 2.24) is 15.2 Å². The van der Waals surface area contributed by atoms with Gasteiger partial charge in [-0.3, -0.25) is 4.98 Å². The Morgan fingerprint density at radius 3 is 2.78 bits per heavy atom. The van der Waals surface area contributed by atoms with Gasteiger partial charge >= 0.3 is 0 Å². The van der Waals surface area contributed by atoms with Gasteiger partial charge in [-0.25, -0.2) is 0 Å². The summed E-state index contributed by atoms with van der Waals surface area (Å²) in [5.74, 6) is 0.790. The number of likely N-dealkylation sites (tertiary alicyclic amines) is 1. The maximum absolute atomic E-state index is 4.67. The molecule has 1 unspecified atom stereocenters. The zero-order chi connectivity index (χ0) is 12.4. The summed E-state index contributed by atoms with van der Waals surface area (Å²) in [6.45, 7) is 4.72. The number of hydrogen-bond acceptors (Lipinski definition) is 3. The van der Waals surface area contributed by atoms with Crippen molar-refractivity contribution in [1.29, 1.82) is 0 Å². The summed E-state index contributed by atoms with van der Waals surface area (Å²) in [5, 5.41) is 3.57. The van der Waals surface area contributed by atoms with Gasteiger partial charge in [0.1, 0.15) is 0 Å². The summed E-state index contributed by atoms with van der Waals surface area (Å²) in [4.78, 5) is 7.12. The van der Waals surface area contributed by atoms with E-state index in [2.05, 4.69) is 34.4 Å². The second kappa shape index (κ2) is 4.98. The van der Waals surface area contributed by atoms with Crippen molar-refractivity contribution in [2.45, 2.75) is 24.7 Å². The lowest BCUT2D eigenvalue weighted by atomic mass is 9.68. The zero-order valence-corrected chi connectivity index (χ0v) is 11.2. The van der Waals surface area contributed by atoms with E-state index in [-0.39, 0.29) is 0 Å². The Morgan fingerprint density at radius 2 is 2.17 bits per heavy atom. The number of piperidine rings is 1. The van der Waals surface area contributed by atoms with E-state index in [4.69, 9.17) is 0 Å². The van der Waals surface area contributed by atoms with E-state index in [0.29, 0.717) is 5.41 Å². The first-order valence-electron chi connectivity index (χ1n) is 7.12. The Morgan fingerprint density at radius 1 is 1.33 bits per heavy atom. The first kappa shape index (κ1) is 12.1. The fourth-order valence-electron chi connectivity index (χ4n) is 3.71. The van der Waals surface area contributed by atoms with E-state index in [1.54, 1.807) is 0 Å². The molecule has 0 bridgehead atoms. The van der Waals surface area contributed by atoms with Crippen LogP contribution in [0.4, 0.5) is 0 Å². The molecule has 0 amide bonds. The Labute approximate surface area is 110 Å². The second-order valence-corrected chi connectivity index (χ2v) is 5.88.